The van der Waals surface area contributed by atoms with Crippen molar-refractivity contribution in [1.29, 1.82) is 0 Å². The fraction of sp³-hybridized carbons (Fsp3) is 0.333. The Morgan fingerprint density at radius 3 is 1.83 bits per heavy atom. The Balaban J connectivity index is 0.000000336. The van der Waals surface area contributed by atoms with E-state index in [0.29, 0.717) is 0 Å². The van der Waals surface area contributed by atoms with E-state index in [1.165, 1.54) is 0 Å². The average molecular weight is 184 g/mol. The van der Waals surface area contributed by atoms with Crippen LogP contribution < -0.4 is 9.05 Å². The van der Waals surface area contributed by atoms with Crippen LogP contribution in [0.1, 0.15) is 13.8 Å². The van der Waals surface area contributed by atoms with Gasteiger partial charge in [0.15, 0.2) is 11.5 Å². The third-order valence-electron chi connectivity index (χ3n) is 1.30. The summed E-state index contributed by atoms with van der Waals surface area (Å²) in [6, 6.07) is 7.72. The highest BCUT2D eigenvalue weighted by molar-refractivity contribution is 7.47. The van der Waals surface area contributed by atoms with Crippen molar-refractivity contribution in [2.75, 3.05) is 6.66 Å². The molecule has 0 fully saturated rings. The molecule has 0 amide bonds. The van der Waals surface area contributed by atoms with Gasteiger partial charge in [0.05, 0.1) is 0 Å². The smallest absolute Gasteiger partial charge is 0.287 e. The molecule has 1 aliphatic rings. The van der Waals surface area contributed by atoms with Gasteiger partial charge in [0.25, 0.3) is 8.38 Å². The maximum Gasteiger partial charge on any atom is 0.287 e. The van der Waals surface area contributed by atoms with Crippen LogP contribution in [-0.2, 0) is 0 Å². The molecule has 0 aliphatic carbocycles. The van der Waals surface area contributed by atoms with Crippen molar-refractivity contribution in [2.24, 2.45) is 0 Å². The lowest BCUT2D eigenvalue weighted by atomic mass is 10.3. The average Bonchev–Trinajstić information content (AvgIpc) is 2.48. The van der Waals surface area contributed by atoms with E-state index in [2.05, 4.69) is 0 Å². The maximum atomic E-state index is 5.35. The lowest BCUT2D eigenvalue weighted by Crippen LogP contribution is -1.78. The van der Waals surface area contributed by atoms with Gasteiger partial charge in [-0.2, -0.15) is 0 Å². The Labute approximate surface area is 74.4 Å². The second-order valence-corrected chi connectivity index (χ2v) is 3.31. The summed E-state index contributed by atoms with van der Waals surface area (Å²) in [5, 5.41) is 0. The van der Waals surface area contributed by atoms with Crippen LogP contribution in [0.2, 0.25) is 0 Å². The van der Waals surface area contributed by atoms with Gasteiger partial charge in [0.1, 0.15) is 0 Å². The van der Waals surface area contributed by atoms with E-state index in [4.69, 9.17) is 9.05 Å². The molecule has 2 rings (SSSR count). The zero-order chi connectivity index (χ0) is 8.97. The predicted octanol–water partition coefficient (Wildman–Crippen LogP) is 3.43. The van der Waals surface area contributed by atoms with Crippen molar-refractivity contribution in [2.45, 2.75) is 13.8 Å². The Hall–Kier alpha value is -0.750. The number of hydrogen-bond acceptors (Lipinski definition) is 2. The van der Waals surface area contributed by atoms with Gasteiger partial charge >= 0.3 is 0 Å². The first-order valence-corrected chi connectivity index (χ1v) is 5.67. The summed E-state index contributed by atoms with van der Waals surface area (Å²) in [6.07, 6.45) is 0. The fourth-order valence-electron chi connectivity index (χ4n) is 0.897. The number of hydrogen-bond donors (Lipinski definition) is 0. The molecule has 0 saturated carbocycles. The van der Waals surface area contributed by atoms with Crippen molar-refractivity contribution in [3.8, 4) is 11.5 Å². The summed E-state index contributed by atoms with van der Waals surface area (Å²) < 4.78 is 10.7. The van der Waals surface area contributed by atoms with Gasteiger partial charge in [-0.05, 0) is 12.1 Å². The SMILES string of the molecule is CC.CP1Oc2ccccc2O1. The van der Waals surface area contributed by atoms with Crippen LogP contribution in [0.5, 0.6) is 11.5 Å². The van der Waals surface area contributed by atoms with E-state index in [-0.39, 0.29) is 0 Å². The van der Waals surface area contributed by atoms with Crippen molar-refractivity contribution in [1.82, 2.24) is 0 Å². The van der Waals surface area contributed by atoms with E-state index in [1.807, 2.05) is 44.8 Å². The molecule has 1 heterocycles. The summed E-state index contributed by atoms with van der Waals surface area (Å²) in [7, 11) is -0.692. The van der Waals surface area contributed by atoms with Crippen molar-refractivity contribution >= 4 is 8.38 Å². The number of rotatable bonds is 0. The van der Waals surface area contributed by atoms with E-state index in [1.54, 1.807) is 0 Å². The minimum absolute atomic E-state index is 0.692. The topological polar surface area (TPSA) is 18.5 Å². The normalized spacial score (nSPS) is 13.6. The fourth-order valence-corrected chi connectivity index (χ4v) is 1.79. The maximum absolute atomic E-state index is 5.35. The number of fused-ring (bicyclic) bond motifs is 1. The second-order valence-electron chi connectivity index (χ2n) is 2.07. The predicted molar refractivity (Wildman–Crippen MR) is 51.9 cm³/mol. The van der Waals surface area contributed by atoms with Crippen LogP contribution in [0.15, 0.2) is 24.3 Å². The van der Waals surface area contributed by atoms with Gasteiger partial charge in [0, 0.05) is 6.66 Å². The molecule has 0 radical (unpaired) electrons. The molecule has 1 aliphatic heterocycles. The van der Waals surface area contributed by atoms with Gasteiger partial charge in [-0.25, -0.2) is 0 Å². The molecule has 0 spiro atoms. The summed E-state index contributed by atoms with van der Waals surface area (Å²) in [4.78, 5) is 0. The monoisotopic (exact) mass is 184 g/mol. The van der Waals surface area contributed by atoms with Crippen LogP contribution in [0, 0.1) is 0 Å². The van der Waals surface area contributed by atoms with Crippen LogP contribution in [0.3, 0.4) is 0 Å². The molecule has 3 heteroatoms. The quantitative estimate of drug-likeness (QED) is 0.575. The highest BCUT2D eigenvalue weighted by Crippen LogP contribution is 2.49. The molecular weight excluding hydrogens is 171 g/mol. The largest absolute Gasteiger partial charge is 0.435 e. The van der Waals surface area contributed by atoms with E-state index >= 15 is 0 Å². The summed E-state index contributed by atoms with van der Waals surface area (Å²) in [5.41, 5.74) is 0. The molecule has 0 atom stereocenters. The lowest BCUT2D eigenvalue weighted by molar-refractivity contribution is 0.582. The zero-order valence-electron chi connectivity index (χ0n) is 7.57. The van der Waals surface area contributed by atoms with Crippen LogP contribution in [0.25, 0.3) is 0 Å². The molecular formula is C9H13O2P. The standard InChI is InChI=1S/C7H7O2P.C2H6/c1-10-8-6-4-2-3-5-7(6)9-10;1-2/h2-5H,1H3;1-2H3. The molecule has 0 bridgehead atoms. The Morgan fingerprint density at radius 1 is 1.00 bits per heavy atom. The van der Waals surface area contributed by atoms with Gasteiger partial charge in [0.2, 0.25) is 0 Å². The molecule has 0 N–H and O–H groups in total. The first-order chi connectivity index (χ1) is 5.86. The highest BCUT2D eigenvalue weighted by atomic mass is 31.2. The van der Waals surface area contributed by atoms with Crippen molar-refractivity contribution in [3.05, 3.63) is 24.3 Å². The van der Waals surface area contributed by atoms with E-state index in [9.17, 15) is 0 Å². The van der Waals surface area contributed by atoms with Gasteiger partial charge in [-0.15, -0.1) is 0 Å². The molecule has 66 valence electrons. The molecule has 12 heavy (non-hydrogen) atoms. The molecule has 0 aromatic heterocycles. The molecule has 1 aromatic carbocycles. The molecule has 0 unspecified atom stereocenters. The minimum atomic E-state index is -0.692. The van der Waals surface area contributed by atoms with Gasteiger partial charge in [-0.3, -0.25) is 0 Å². The second kappa shape index (κ2) is 4.32. The molecule has 2 nitrogen and oxygen atoms in total. The van der Waals surface area contributed by atoms with Gasteiger partial charge in [-0.1, -0.05) is 26.0 Å². The Bertz CT molecular complexity index is 225. The molecule has 0 saturated heterocycles. The van der Waals surface area contributed by atoms with E-state index < -0.39 is 8.38 Å². The first kappa shape index (κ1) is 9.34. The summed E-state index contributed by atoms with van der Waals surface area (Å²) in [6.45, 7) is 5.94. The number of para-hydroxylation sites is 2. The number of benzene rings is 1. The third-order valence-corrected chi connectivity index (χ3v) is 2.21. The lowest BCUT2D eigenvalue weighted by Gasteiger charge is -1.97. The van der Waals surface area contributed by atoms with E-state index in [0.717, 1.165) is 11.5 Å². The highest BCUT2D eigenvalue weighted by Gasteiger charge is 2.19. The molecule has 1 aromatic rings. The Kier molecular flexibility index (Phi) is 3.36. The van der Waals surface area contributed by atoms with Crippen LogP contribution >= 0.6 is 8.38 Å². The summed E-state index contributed by atoms with van der Waals surface area (Å²) >= 11 is 0. The third kappa shape index (κ3) is 1.89. The zero-order valence-corrected chi connectivity index (χ0v) is 8.47. The van der Waals surface area contributed by atoms with Crippen molar-refractivity contribution < 1.29 is 9.05 Å². The van der Waals surface area contributed by atoms with Crippen molar-refractivity contribution in [3.63, 3.8) is 0 Å². The summed E-state index contributed by atoms with van der Waals surface area (Å²) in [5.74, 6) is 1.74. The Morgan fingerprint density at radius 2 is 1.42 bits per heavy atom. The van der Waals surface area contributed by atoms with Gasteiger partial charge < -0.3 is 9.05 Å². The first-order valence-electron chi connectivity index (χ1n) is 4.05. The minimum Gasteiger partial charge on any atom is -0.435 e. The van der Waals surface area contributed by atoms with Crippen LogP contribution in [-0.4, -0.2) is 6.66 Å². The van der Waals surface area contributed by atoms with Crippen LogP contribution in [0.4, 0.5) is 0 Å².